The van der Waals surface area contributed by atoms with Crippen molar-refractivity contribution in [2.24, 2.45) is 0 Å². The number of hydrogen-bond donors (Lipinski definition) is 2. The molecular weight excluding hydrogens is 356 g/mol. The molecule has 0 fully saturated rings. The molecule has 0 radical (unpaired) electrons. The second-order valence-electron chi connectivity index (χ2n) is 6.73. The lowest BCUT2D eigenvalue weighted by atomic mass is 9.87. The van der Waals surface area contributed by atoms with Crippen molar-refractivity contribution in [1.82, 2.24) is 9.62 Å². The van der Waals surface area contributed by atoms with E-state index < -0.39 is 11.9 Å². The fraction of sp³-hybridized carbons (Fsp3) is 0.263. The van der Waals surface area contributed by atoms with Crippen LogP contribution in [0.25, 0.3) is 0 Å². The first-order chi connectivity index (χ1) is 11.7. The Morgan fingerprint density at radius 2 is 1.60 bits per heavy atom. The Morgan fingerprint density at radius 3 is 2.12 bits per heavy atom. The van der Waals surface area contributed by atoms with Crippen LogP contribution in [0.15, 0.2) is 48.5 Å². The van der Waals surface area contributed by atoms with Crippen molar-refractivity contribution >= 4 is 36.4 Å². The van der Waals surface area contributed by atoms with E-state index in [2.05, 4.69) is 38.9 Å². The molecular formula is C19H21ClN2O2S. The lowest BCUT2D eigenvalue weighted by Gasteiger charge is -2.20. The summed E-state index contributed by atoms with van der Waals surface area (Å²) in [5.41, 5.74) is 2.39. The summed E-state index contributed by atoms with van der Waals surface area (Å²) in [6.07, 6.45) is 0. The van der Waals surface area contributed by atoms with E-state index in [0.29, 0.717) is 10.6 Å². The van der Waals surface area contributed by atoms with E-state index in [-0.39, 0.29) is 12.0 Å². The van der Waals surface area contributed by atoms with Crippen LogP contribution in [0.1, 0.15) is 42.3 Å². The van der Waals surface area contributed by atoms with Crippen LogP contribution in [0, 0.1) is 0 Å². The quantitative estimate of drug-likeness (QED) is 0.753. The number of benzene rings is 2. The highest BCUT2D eigenvalue weighted by atomic mass is 35.5. The van der Waals surface area contributed by atoms with Gasteiger partial charge in [0.25, 0.3) is 5.91 Å². The van der Waals surface area contributed by atoms with E-state index in [0.717, 1.165) is 15.4 Å². The SMILES string of the molecule is CC(C)(C)c1ccc(C(=O)N(S)C(=O)NCc2ccc(Cl)cc2)cc1. The standard InChI is InChI=1S/C19H21ClN2O2S/c1-19(2,3)15-8-6-14(7-9-15)17(23)22(25)18(24)21-12-13-4-10-16(20)11-5-13/h4-11,25H,12H2,1-3H3,(H,21,24). The number of hydrogen-bond acceptors (Lipinski definition) is 3. The van der Waals surface area contributed by atoms with Gasteiger partial charge in [0.1, 0.15) is 0 Å². The number of rotatable bonds is 3. The number of nitrogens with zero attached hydrogens (tertiary/aromatic N) is 1. The average molecular weight is 377 g/mol. The Bertz CT molecular complexity index is 752. The second kappa shape index (κ2) is 7.93. The first kappa shape index (κ1) is 19.3. The van der Waals surface area contributed by atoms with Gasteiger partial charge in [-0.3, -0.25) is 4.79 Å². The summed E-state index contributed by atoms with van der Waals surface area (Å²) in [7, 11) is 0. The molecule has 0 aliphatic rings. The van der Waals surface area contributed by atoms with Crippen LogP contribution in [-0.2, 0) is 12.0 Å². The molecule has 0 saturated heterocycles. The number of nitrogens with one attached hydrogen (secondary N) is 1. The van der Waals surface area contributed by atoms with Crippen molar-refractivity contribution < 1.29 is 9.59 Å². The molecule has 0 saturated carbocycles. The Morgan fingerprint density at radius 1 is 1.04 bits per heavy atom. The fourth-order valence-corrected chi connectivity index (χ4v) is 2.49. The molecule has 0 spiro atoms. The number of imide groups is 1. The number of carbonyl (C=O) groups excluding carboxylic acids is 2. The maximum absolute atomic E-state index is 12.4. The van der Waals surface area contributed by atoms with Crippen LogP contribution in [-0.4, -0.2) is 16.2 Å². The van der Waals surface area contributed by atoms with Gasteiger partial charge < -0.3 is 5.32 Å². The molecule has 0 atom stereocenters. The minimum absolute atomic E-state index is 0.00180. The molecule has 2 aromatic rings. The van der Waals surface area contributed by atoms with Crippen LogP contribution in [0.5, 0.6) is 0 Å². The third-order valence-corrected chi connectivity index (χ3v) is 4.35. The Kier molecular flexibility index (Phi) is 6.14. The Hall–Kier alpha value is -1.98. The largest absolute Gasteiger partial charge is 0.334 e. The molecule has 0 aliphatic heterocycles. The van der Waals surface area contributed by atoms with E-state index in [4.69, 9.17) is 11.6 Å². The molecule has 132 valence electrons. The first-order valence-corrected chi connectivity index (χ1v) is 8.62. The highest BCUT2D eigenvalue weighted by Crippen LogP contribution is 2.22. The summed E-state index contributed by atoms with van der Waals surface area (Å²) in [6, 6.07) is 13.7. The normalized spacial score (nSPS) is 11.1. The molecule has 2 aromatic carbocycles. The zero-order valence-corrected chi connectivity index (χ0v) is 16.1. The summed E-state index contributed by atoms with van der Waals surface area (Å²) in [6.45, 7) is 6.57. The maximum Gasteiger partial charge on any atom is 0.334 e. The molecule has 0 heterocycles. The fourth-order valence-electron chi connectivity index (χ4n) is 2.18. The van der Waals surface area contributed by atoms with Crippen molar-refractivity contribution in [3.8, 4) is 0 Å². The summed E-state index contributed by atoms with van der Waals surface area (Å²) in [5.74, 6) is -0.475. The molecule has 0 unspecified atom stereocenters. The van der Waals surface area contributed by atoms with E-state index in [9.17, 15) is 9.59 Å². The van der Waals surface area contributed by atoms with Crippen molar-refractivity contribution in [3.63, 3.8) is 0 Å². The number of thiol groups is 1. The summed E-state index contributed by atoms with van der Waals surface area (Å²) in [5, 5.41) is 3.28. The van der Waals surface area contributed by atoms with Gasteiger partial charge in [-0.1, -0.05) is 69.5 Å². The van der Waals surface area contributed by atoms with Crippen LogP contribution in [0.2, 0.25) is 5.02 Å². The van der Waals surface area contributed by atoms with Crippen molar-refractivity contribution in [1.29, 1.82) is 0 Å². The molecule has 3 amide bonds. The number of urea groups is 1. The molecule has 2 rings (SSSR count). The highest BCUT2D eigenvalue weighted by molar-refractivity contribution is 7.79. The molecule has 1 N–H and O–H groups in total. The van der Waals surface area contributed by atoms with E-state index in [1.165, 1.54) is 0 Å². The zero-order valence-electron chi connectivity index (χ0n) is 14.4. The zero-order chi connectivity index (χ0) is 18.6. The topological polar surface area (TPSA) is 49.4 Å². The Balaban J connectivity index is 1.98. The van der Waals surface area contributed by atoms with Crippen molar-refractivity contribution in [2.45, 2.75) is 32.7 Å². The van der Waals surface area contributed by atoms with E-state index in [1.54, 1.807) is 36.4 Å². The summed E-state index contributed by atoms with van der Waals surface area (Å²) < 4.78 is 0.780. The highest BCUT2D eigenvalue weighted by Gasteiger charge is 2.20. The van der Waals surface area contributed by atoms with Crippen LogP contribution in [0.3, 0.4) is 0 Å². The van der Waals surface area contributed by atoms with Gasteiger partial charge in [0, 0.05) is 17.1 Å². The van der Waals surface area contributed by atoms with Gasteiger partial charge in [0.05, 0.1) is 0 Å². The lowest BCUT2D eigenvalue weighted by Crippen LogP contribution is -2.37. The third-order valence-electron chi connectivity index (χ3n) is 3.74. The molecule has 6 heteroatoms. The van der Waals surface area contributed by atoms with Gasteiger partial charge in [0.15, 0.2) is 0 Å². The summed E-state index contributed by atoms with van der Waals surface area (Å²) in [4.78, 5) is 24.5. The minimum atomic E-state index is -0.580. The van der Waals surface area contributed by atoms with Gasteiger partial charge in [0.2, 0.25) is 0 Å². The first-order valence-electron chi connectivity index (χ1n) is 7.84. The van der Waals surface area contributed by atoms with Gasteiger partial charge in [-0.2, -0.15) is 0 Å². The summed E-state index contributed by atoms with van der Waals surface area (Å²) >= 11 is 9.85. The van der Waals surface area contributed by atoms with Crippen molar-refractivity contribution in [2.75, 3.05) is 0 Å². The second-order valence-corrected chi connectivity index (χ2v) is 7.57. The molecule has 4 nitrogen and oxygen atoms in total. The third kappa shape index (κ3) is 5.25. The number of amides is 3. The number of halogens is 1. The van der Waals surface area contributed by atoms with Gasteiger partial charge in [-0.15, -0.1) is 0 Å². The molecule has 0 aliphatic carbocycles. The van der Waals surface area contributed by atoms with E-state index in [1.807, 2.05) is 12.1 Å². The van der Waals surface area contributed by atoms with E-state index >= 15 is 0 Å². The van der Waals surface area contributed by atoms with Crippen molar-refractivity contribution in [3.05, 3.63) is 70.2 Å². The predicted molar refractivity (Wildman–Crippen MR) is 104 cm³/mol. The lowest BCUT2D eigenvalue weighted by molar-refractivity contribution is 0.0895. The van der Waals surface area contributed by atoms with Gasteiger partial charge >= 0.3 is 6.03 Å². The Labute approximate surface area is 158 Å². The molecule has 0 bridgehead atoms. The van der Waals surface area contributed by atoms with Crippen LogP contribution in [0.4, 0.5) is 4.79 Å². The minimum Gasteiger partial charge on any atom is -0.333 e. The monoisotopic (exact) mass is 376 g/mol. The molecule has 0 aromatic heterocycles. The van der Waals surface area contributed by atoms with Crippen LogP contribution >= 0.6 is 24.4 Å². The number of carbonyl (C=O) groups is 2. The molecule has 25 heavy (non-hydrogen) atoms. The van der Waals surface area contributed by atoms with Gasteiger partial charge in [-0.05, 0) is 40.8 Å². The van der Waals surface area contributed by atoms with Gasteiger partial charge in [-0.25, -0.2) is 9.10 Å². The maximum atomic E-state index is 12.4. The predicted octanol–water partition coefficient (Wildman–Crippen LogP) is 4.83. The average Bonchev–Trinajstić information content (AvgIpc) is 2.59. The smallest absolute Gasteiger partial charge is 0.333 e. The van der Waals surface area contributed by atoms with Crippen LogP contribution < -0.4 is 5.32 Å².